The fraction of sp³-hybridized carbons (Fsp3) is 0.400. The molecule has 8 nitrogen and oxygen atoms in total. The molecule has 1 heterocycles. The first-order chi connectivity index (χ1) is 8.45. The number of nitrogens with zero attached hydrogens (tertiary/aromatic N) is 2. The molecule has 0 aliphatic rings. The predicted molar refractivity (Wildman–Crippen MR) is 61.5 cm³/mol. The average Bonchev–Trinajstić information content (AvgIpc) is 2.30. The zero-order chi connectivity index (χ0) is 13.7. The Morgan fingerprint density at radius 1 is 1.50 bits per heavy atom. The Bertz CT molecular complexity index is 510. The summed E-state index contributed by atoms with van der Waals surface area (Å²) in [6.45, 7) is 2.16. The second kappa shape index (κ2) is 5.80. The molecule has 0 radical (unpaired) electrons. The van der Waals surface area contributed by atoms with Gasteiger partial charge < -0.3 is 20.1 Å². The lowest BCUT2D eigenvalue weighted by Crippen LogP contribution is -2.35. The SMILES string of the molecule is CCn1ccnc(NC(CC(=O)O)C(=O)O)c1=O. The van der Waals surface area contributed by atoms with Gasteiger partial charge >= 0.3 is 11.9 Å². The van der Waals surface area contributed by atoms with Crippen LogP contribution in [0.25, 0.3) is 0 Å². The zero-order valence-corrected chi connectivity index (χ0v) is 9.66. The Morgan fingerprint density at radius 3 is 2.67 bits per heavy atom. The van der Waals surface area contributed by atoms with Gasteiger partial charge in [0.25, 0.3) is 5.56 Å². The molecule has 0 saturated heterocycles. The highest BCUT2D eigenvalue weighted by Gasteiger charge is 2.22. The van der Waals surface area contributed by atoms with E-state index in [2.05, 4.69) is 10.3 Å². The average molecular weight is 255 g/mol. The molecule has 8 heteroatoms. The van der Waals surface area contributed by atoms with Gasteiger partial charge in [0.2, 0.25) is 0 Å². The van der Waals surface area contributed by atoms with Crippen molar-refractivity contribution in [3.05, 3.63) is 22.7 Å². The predicted octanol–water partition coefficient (Wildman–Crippen LogP) is -0.397. The zero-order valence-electron chi connectivity index (χ0n) is 9.66. The van der Waals surface area contributed by atoms with Crippen LogP contribution in [0, 0.1) is 0 Å². The molecule has 98 valence electrons. The number of rotatable bonds is 6. The summed E-state index contributed by atoms with van der Waals surface area (Å²) >= 11 is 0. The van der Waals surface area contributed by atoms with Crippen LogP contribution >= 0.6 is 0 Å². The molecular weight excluding hydrogens is 242 g/mol. The molecule has 1 unspecified atom stereocenters. The van der Waals surface area contributed by atoms with Gasteiger partial charge in [0, 0.05) is 18.9 Å². The van der Waals surface area contributed by atoms with E-state index in [1.807, 2.05) is 0 Å². The summed E-state index contributed by atoms with van der Waals surface area (Å²) in [5.41, 5.74) is -0.489. The third kappa shape index (κ3) is 3.30. The van der Waals surface area contributed by atoms with Crippen LogP contribution in [0.3, 0.4) is 0 Å². The van der Waals surface area contributed by atoms with Crippen LogP contribution < -0.4 is 10.9 Å². The van der Waals surface area contributed by atoms with Crippen LogP contribution in [-0.2, 0) is 16.1 Å². The van der Waals surface area contributed by atoms with Crippen molar-refractivity contribution in [2.75, 3.05) is 5.32 Å². The van der Waals surface area contributed by atoms with Crippen molar-refractivity contribution in [3.8, 4) is 0 Å². The van der Waals surface area contributed by atoms with E-state index in [0.29, 0.717) is 6.54 Å². The Balaban J connectivity index is 2.97. The molecule has 0 amide bonds. The highest BCUT2D eigenvalue weighted by atomic mass is 16.4. The summed E-state index contributed by atoms with van der Waals surface area (Å²) in [5.74, 6) is -2.81. The summed E-state index contributed by atoms with van der Waals surface area (Å²) in [4.78, 5) is 36.8. The summed E-state index contributed by atoms with van der Waals surface area (Å²) < 4.78 is 1.33. The van der Waals surface area contributed by atoms with Crippen LogP contribution in [0.4, 0.5) is 5.82 Å². The van der Waals surface area contributed by atoms with E-state index in [-0.39, 0.29) is 5.82 Å². The van der Waals surface area contributed by atoms with Gasteiger partial charge in [0.1, 0.15) is 6.04 Å². The molecule has 0 bridgehead atoms. The first kappa shape index (κ1) is 13.7. The molecule has 1 rings (SSSR count). The van der Waals surface area contributed by atoms with E-state index in [1.165, 1.54) is 17.0 Å². The quantitative estimate of drug-likeness (QED) is 0.632. The lowest BCUT2D eigenvalue weighted by molar-refractivity contribution is -0.144. The molecular formula is C10H13N3O5. The Morgan fingerprint density at radius 2 is 2.17 bits per heavy atom. The number of aromatic nitrogens is 2. The molecule has 0 aromatic carbocycles. The second-order valence-corrected chi connectivity index (χ2v) is 3.50. The summed E-state index contributed by atoms with van der Waals surface area (Å²) in [7, 11) is 0. The van der Waals surface area contributed by atoms with Crippen molar-refractivity contribution in [3.63, 3.8) is 0 Å². The molecule has 0 aliphatic heterocycles. The second-order valence-electron chi connectivity index (χ2n) is 3.50. The fourth-order valence-corrected chi connectivity index (χ4v) is 1.34. The fourth-order valence-electron chi connectivity index (χ4n) is 1.34. The van der Waals surface area contributed by atoms with Gasteiger partial charge in [-0.1, -0.05) is 0 Å². The van der Waals surface area contributed by atoms with Crippen LogP contribution in [0.15, 0.2) is 17.2 Å². The minimum absolute atomic E-state index is 0.173. The van der Waals surface area contributed by atoms with Crippen molar-refractivity contribution in [1.29, 1.82) is 0 Å². The largest absolute Gasteiger partial charge is 0.481 e. The van der Waals surface area contributed by atoms with Gasteiger partial charge in [0.15, 0.2) is 5.82 Å². The first-order valence-electron chi connectivity index (χ1n) is 5.22. The molecule has 3 N–H and O–H groups in total. The van der Waals surface area contributed by atoms with Crippen molar-refractivity contribution >= 4 is 17.8 Å². The van der Waals surface area contributed by atoms with Crippen LogP contribution in [-0.4, -0.2) is 37.7 Å². The maximum absolute atomic E-state index is 11.7. The van der Waals surface area contributed by atoms with Crippen LogP contribution in [0.1, 0.15) is 13.3 Å². The van der Waals surface area contributed by atoms with Crippen LogP contribution in [0.2, 0.25) is 0 Å². The maximum Gasteiger partial charge on any atom is 0.326 e. The van der Waals surface area contributed by atoms with Crippen molar-refractivity contribution in [2.45, 2.75) is 25.9 Å². The van der Waals surface area contributed by atoms with E-state index >= 15 is 0 Å². The lowest BCUT2D eigenvalue weighted by Gasteiger charge is -2.13. The van der Waals surface area contributed by atoms with Gasteiger partial charge in [-0.25, -0.2) is 9.78 Å². The van der Waals surface area contributed by atoms with E-state index in [9.17, 15) is 14.4 Å². The van der Waals surface area contributed by atoms with Crippen LogP contribution in [0.5, 0.6) is 0 Å². The summed E-state index contributed by atoms with van der Waals surface area (Å²) in [5, 5.41) is 19.7. The number of aryl methyl sites for hydroxylation is 1. The number of nitrogens with one attached hydrogen (secondary N) is 1. The summed E-state index contributed by atoms with van der Waals surface area (Å²) in [6, 6.07) is -1.39. The first-order valence-corrected chi connectivity index (χ1v) is 5.22. The molecule has 0 spiro atoms. The minimum Gasteiger partial charge on any atom is -0.481 e. The lowest BCUT2D eigenvalue weighted by atomic mass is 10.2. The topological polar surface area (TPSA) is 122 Å². The van der Waals surface area contributed by atoms with Gasteiger partial charge in [0.05, 0.1) is 6.42 Å². The molecule has 0 aliphatic carbocycles. The highest BCUT2D eigenvalue weighted by Crippen LogP contribution is 2.01. The van der Waals surface area contributed by atoms with Gasteiger partial charge in [-0.15, -0.1) is 0 Å². The van der Waals surface area contributed by atoms with Gasteiger partial charge in [-0.3, -0.25) is 9.59 Å². The smallest absolute Gasteiger partial charge is 0.326 e. The number of hydrogen-bond donors (Lipinski definition) is 3. The Kier molecular flexibility index (Phi) is 4.41. The number of anilines is 1. The molecule has 0 saturated carbocycles. The number of carboxylic acid groups (broad SMARTS) is 2. The number of carboxylic acids is 2. The number of carbonyl (C=O) groups is 2. The van der Waals surface area contributed by atoms with Gasteiger partial charge in [-0.2, -0.15) is 0 Å². The normalized spacial score (nSPS) is 11.8. The molecule has 18 heavy (non-hydrogen) atoms. The third-order valence-corrected chi connectivity index (χ3v) is 2.24. The summed E-state index contributed by atoms with van der Waals surface area (Å²) in [6.07, 6.45) is 2.16. The van der Waals surface area contributed by atoms with E-state index in [4.69, 9.17) is 10.2 Å². The Labute approximate surface area is 102 Å². The molecule has 1 aromatic rings. The van der Waals surface area contributed by atoms with Gasteiger partial charge in [-0.05, 0) is 6.92 Å². The maximum atomic E-state index is 11.7. The molecule has 0 fully saturated rings. The van der Waals surface area contributed by atoms with Crippen molar-refractivity contribution in [2.24, 2.45) is 0 Å². The van der Waals surface area contributed by atoms with E-state index in [0.717, 1.165) is 0 Å². The van der Waals surface area contributed by atoms with E-state index in [1.54, 1.807) is 6.92 Å². The third-order valence-electron chi connectivity index (χ3n) is 2.24. The highest BCUT2D eigenvalue weighted by molar-refractivity contribution is 5.83. The minimum atomic E-state index is -1.39. The number of aliphatic carboxylic acids is 2. The standard InChI is InChI=1S/C10H13N3O5/c1-2-13-4-3-11-8(9(13)16)12-6(10(17)18)5-7(14)15/h3-4,6H,2,5H2,1H3,(H,11,12)(H,14,15)(H,17,18). The molecule has 1 atom stereocenters. The van der Waals surface area contributed by atoms with Crippen molar-refractivity contribution in [1.82, 2.24) is 9.55 Å². The monoisotopic (exact) mass is 255 g/mol. The number of hydrogen-bond acceptors (Lipinski definition) is 5. The van der Waals surface area contributed by atoms with E-state index < -0.39 is 30.0 Å². The molecule has 1 aromatic heterocycles. The van der Waals surface area contributed by atoms with Crippen molar-refractivity contribution < 1.29 is 19.8 Å². The Hall–Kier alpha value is -2.38.